The van der Waals surface area contributed by atoms with Gasteiger partial charge in [0.15, 0.2) is 0 Å². The molecule has 8 heteroatoms. The highest BCUT2D eigenvalue weighted by molar-refractivity contribution is 6.48. The van der Waals surface area contributed by atoms with Gasteiger partial charge in [-0.2, -0.15) is 0 Å². The number of carbonyl (C=O) groups excluding carboxylic acids is 1. The monoisotopic (exact) mass is 431 g/mol. The van der Waals surface area contributed by atoms with Crippen molar-refractivity contribution in [3.8, 4) is 0 Å². The van der Waals surface area contributed by atoms with E-state index in [2.05, 4.69) is 11.4 Å². The van der Waals surface area contributed by atoms with E-state index in [-0.39, 0.29) is 24.3 Å². The summed E-state index contributed by atoms with van der Waals surface area (Å²) in [6.45, 7) is 8.46. The molecule has 1 aromatic rings. The molecule has 1 heterocycles. The van der Waals surface area contributed by atoms with E-state index in [1.807, 2.05) is 45.9 Å². The second-order valence-corrected chi connectivity index (χ2v) is 8.50. The summed E-state index contributed by atoms with van der Waals surface area (Å²) < 4.78 is 17.3. The maximum Gasteiger partial charge on any atom is 0.481 e. The van der Waals surface area contributed by atoms with Crippen LogP contribution in [0.5, 0.6) is 0 Å². The Morgan fingerprint density at radius 3 is 2.46 bits per heavy atom. The molecule has 1 aromatic carbocycles. The van der Waals surface area contributed by atoms with Crippen molar-refractivity contribution in [3.63, 3.8) is 0 Å². The van der Waals surface area contributed by atoms with Crippen LogP contribution in [0.2, 0.25) is 5.02 Å². The Morgan fingerprint density at radius 1 is 1.25 bits per heavy atom. The highest BCUT2D eigenvalue weighted by atomic mass is 35.5. The van der Waals surface area contributed by atoms with Gasteiger partial charge in [-0.05, 0) is 64.7 Å². The van der Waals surface area contributed by atoms with Crippen LogP contribution in [0.1, 0.15) is 52.5 Å². The molecule has 0 saturated carbocycles. The second-order valence-electron chi connectivity index (χ2n) is 8.06. The number of carbonyl (C=O) groups is 1. The topological polar surface area (TPSA) is 56.8 Å². The van der Waals surface area contributed by atoms with Gasteiger partial charge in [-0.1, -0.05) is 23.7 Å². The molecule has 0 aromatic heterocycles. The minimum atomic E-state index is -0.471. The Morgan fingerprint density at radius 2 is 1.89 bits per heavy atom. The lowest BCUT2D eigenvalue weighted by molar-refractivity contribution is -0.122. The smallest absolute Gasteiger partial charge is 0.402 e. The van der Waals surface area contributed by atoms with Crippen LogP contribution in [0, 0.1) is 0 Å². The summed E-state index contributed by atoms with van der Waals surface area (Å²) in [5, 5.41) is 3.81. The minimum Gasteiger partial charge on any atom is -0.402 e. The van der Waals surface area contributed by atoms with E-state index in [1.165, 1.54) is 5.56 Å². The number of nitrogens with one attached hydrogen (secondary N) is 1. The number of ether oxygens (including phenoxy) is 1. The Hall–Kier alpha value is -0.785. The molecule has 0 unspecified atom stereocenters. The average Bonchev–Trinajstić information content (AvgIpc) is 2.80. The van der Waals surface area contributed by atoms with E-state index < -0.39 is 18.3 Å². The van der Waals surface area contributed by atoms with Crippen LogP contribution in [0.3, 0.4) is 0 Å². The van der Waals surface area contributed by atoms with Crippen molar-refractivity contribution in [3.05, 3.63) is 34.9 Å². The highest BCUT2D eigenvalue weighted by Gasteiger charge is 2.53. The molecule has 5 nitrogen and oxygen atoms in total. The Balaban J connectivity index is 0.00000392. The number of amides is 1. The predicted molar refractivity (Wildman–Crippen MR) is 116 cm³/mol. The molecule has 1 aliphatic heterocycles. The van der Waals surface area contributed by atoms with Crippen LogP contribution in [-0.2, 0) is 25.3 Å². The third kappa shape index (κ3) is 6.92. The van der Waals surface area contributed by atoms with Gasteiger partial charge < -0.3 is 19.4 Å². The van der Waals surface area contributed by atoms with Crippen molar-refractivity contribution in [2.75, 3.05) is 13.7 Å². The average molecular weight is 432 g/mol. The molecule has 1 saturated heterocycles. The van der Waals surface area contributed by atoms with Crippen molar-refractivity contribution in [2.45, 2.75) is 70.5 Å². The fourth-order valence-corrected chi connectivity index (χ4v) is 3.23. The summed E-state index contributed by atoms with van der Waals surface area (Å²) in [7, 11) is 1.12. The van der Waals surface area contributed by atoms with Crippen LogP contribution in [0.4, 0.5) is 0 Å². The van der Waals surface area contributed by atoms with E-state index in [1.54, 1.807) is 7.11 Å². The van der Waals surface area contributed by atoms with E-state index >= 15 is 0 Å². The van der Waals surface area contributed by atoms with Crippen molar-refractivity contribution in [1.82, 2.24) is 5.32 Å². The van der Waals surface area contributed by atoms with Gasteiger partial charge in [-0.15, -0.1) is 12.4 Å². The maximum atomic E-state index is 12.2. The van der Waals surface area contributed by atoms with E-state index in [0.29, 0.717) is 13.0 Å². The number of aryl methyl sites for hydroxylation is 1. The van der Waals surface area contributed by atoms with Crippen molar-refractivity contribution in [1.29, 1.82) is 0 Å². The summed E-state index contributed by atoms with van der Waals surface area (Å²) in [5.74, 6) is -0.270. The van der Waals surface area contributed by atoms with Crippen LogP contribution in [0.15, 0.2) is 24.3 Å². The van der Waals surface area contributed by atoms with Gasteiger partial charge in [0.1, 0.15) is 0 Å². The number of rotatable bonds is 9. The van der Waals surface area contributed by atoms with Crippen molar-refractivity contribution >= 4 is 37.0 Å². The van der Waals surface area contributed by atoms with Crippen LogP contribution < -0.4 is 5.32 Å². The lowest BCUT2D eigenvalue weighted by Gasteiger charge is -2.32. The van der Waals surface area contributed by atoms with Gasteiger partial charge in [0.25, 0.3) is 0 Å². The summed E-state index contributed by atoms with van der Waals surface area (Å²) in [6.07, 6.45) is 2.84. The Bertz CT molecular complexity index is 626. The zero-order valence-electron chi connectivity index (χ0n) is 17.4. The first-order valence-corrected chi connectivity index (χ1v) is 9.91. The molecular formula is C20H32BCl2NO4. The lowest BCUT2D eigenvalue weighted by atomic mass is 9.75. The van der Waals surface area contributed by atoms with Gasteiger partial charge >= 0.3 is 7.12 Å². The largest absolute Gasteiger partial charge is 0.481 e. The third-order valence-electron chi connectivity index (χ3n) is 5.35. The maximum absolute atomic E-state index is 12.2. The van der Waals surface area contributed by atoms with Gasteiger partial charge in [-0.3, -0.25) is 4.79 Å². The number of methoxy groups -OCH3 is 1. The quantitative estimate of drug-likeness (QED) is 0.594. The normalized spacial score (nSPS) is 18.4. The Labute approximate surface area is 180 Å². The zero-order chi connectivity index (χ0) is 20.1. The summed E-state index contributed by atoms with van der Waals surface area (Å²) in [6, 6.07) is 7.86. The fourth-order valence-electron chi connectivity index (χ4n) is 3.02. The van der Waals surface area contributed by atoms with Crippen molar-refractivity contribution in [2.24, 2.45) is 0 Å². The summed E-state index contributed by atoms with van der Waals surface area (Å²) >= 11 is 6.06. The van der Waals surface area contributed by atoms with Crippen molar-refractivity contribution < 1.29 is 18.8 Å². The number of benzene rings is 1. The first-order chi connectivity index (χ1) is 12.6. The number of hydrogen-bond acceptors (Lipinski definition) is 4. The highest BCUT2D eigenvalue weighted by Crippen LogP contribution is 2.38. The molecule has 28 heavy (non-hydrogen) atoms. The standard InChI is InChI=1S/C20H31BClNO4.ClH/c1-19(2)20(3,4)27-21(26-19)17(23-18(24)12-13-25-5)11-7-9-15-8-6-10-16(22)14-15;/h6,8,10,14,17H,7,9,11-13H2,1-5H3,(H,23,24);1H/t17-;/m0./s1. The number of halogens is 2. The summed E-state index contributed by atoms with van der Waals surface area (Å²) in [4.78, 5) is 12.2. The van der Waals surface area contributed by atoms with Gasteiger partial charge in [-0.25, -0.2) is 0 Å². The van der Waals surface area contributed by atoms with Gasteiger partial charge in [0.2, 0.25) is 5.91 Å². The molecule has 1 fully saturated rings. The molecule has 1 atom stereocenters. The molecule has 0 radical (unpaired) electrons. The molecule has 0 aliphatic carbocycles. The van der Waals surface area contributed by atoms with E-state index in [9.17, 15) is 4.79 Å². The van der Waals surface area contributed by atoms with Crippen LogP contribution in [-0.4, -0.2) is 43.9 Å². The van der Waals surface area contributed by atoms with Gasteiger partial charge in [0, 0.05) is 18.6 Å². The fraction of sp³-hybridized carbons (Fsp3) is 0.650. The van der Waals surface area contributed by atoms with Crippen LogP contribution >= 0.6 is 24.0 Å². The molecule has 0 bridgehead atoms. The minimum absolute atomic E-state index is 0. The first kappa shape index (κ1) is 25.3. The molecule has 2 rings (SSSR count). The van der Waals surface area contributed by atoms with E-state index in [0.717, 1.165) is 24.3 Å². The molecule has 1 N–H and O–H groups in total. The third-order valence-corrected chi connectivity index (χ3v) is 5.58. The van der Waals surface area contributed by atoms with Gasteiger partial charge in [0.05, 0.1) is 23.8 Å². The predicted octanol–water partition coefficient (Wildman–Crippen LogP) is 4.24. The SMILES string of the molecule is COCCC(=O)N[C@@H](CCCc1cccc(Cl)c1)B1OC(C)(C)C(C)(C)O1.Cl. The first-order valence-electron chi connectivity index (χ1n) is 9.53. The lowest BCUT2D eigenvalue weighted by Crippen LogP contribution is -2.48. The molecule has 0 spiro atoms. The molecule has 1 aliphatic rings. The second kappa shape index (κ2) is 10.8. The zero-order valence-corrected chi connectivity index (χ0v) is 19.0. The molecule has 1 amide bonds. The Kier molecular flexibility index (Phi) is 9.77. The summed E-state index contributed by atoms with van der Waals surface area (Å²) in [5.41, 5.74) is 0.321. The number of hydrogen-bond donors (Lipinski definition) is 1. The molecular weight excluding hydrogens is 400 g/mol. The van der Waals surface area contributed by atoms with E-state index in [4.69, 9.17) is 25.6 Å². The molecule has 158 valence electrons. The van der Waals surface area contributed by atoms with Crippen LogP contribution in [0.25, 0.3) is 0 Å².